The molecule has 0 bridgehead atoms. The molecule has 2 fully saturated rings. The fourth-order valence-corrected chi connectivity index (χ4v) is 2.44. The van der Waals surface area contributed by atoms with Gasteiger partial charge in [-0.2, -0.15) is 0 Å². The molecule has 0 aromatic carbocycles. The van der Waals surface area contributed by atoms with E-state index in [9.17, 15) is 4.79 Å². The minimum atomic E-state index is -0.321. The van der Waals surface area contributed by atoms with E-state index in [2.05, 4.69) is 0 Å². The minimum absolute atomic E-state index is 0.179. The number of hydrogen-bond acceptors (Lipinski definition) is 3. The van der Waals surface area contributed by atoms with E-state index in [1.807, 2.05) is 6.08 Å². The summed E-state index contributed by atoms with van der Waals surface area (Å²) < 4.78 is 11.1. The first-order valence-corrected chi connectivity index (χ1v) is 6.48. The Morgan fingerprint density at radius 3 is 2.35 bits per heavy atom. The lowest BCUT2D eigenvalue weighted by Crippen LogP contribution is -2.19. The van der Waals surface area contributed by atoms with Crippen molar-refractivity contribution in [1.82, 2.24) is 0 Å². The van der Waals surface area contributed by atoms with E-state index in [1.54, 1.807) is 0 Å². The quantitative estimate of drug-likeness (QED) is 0.740. The summed E-state index contributed by atoms with van der Waals surface area (Å²) in [5, 5.41) is 0. The molecule has 0 spiro atoms. The molecule has 2 aliphatic rings. The summed E-state index contributed by atoms with van der Waals surface area (Å²) in [6, 6.07) is 0. The van der Waals surface area contributed by atoms with Gasteiger partial charge < -0.3 is 15.2 Å². The van der Waals surface area contributed by atoms with Gasteiger partial charge in [0.05, 0.1) is 12.2 Å². The first-order valence-electron chi connectivity index (χ1n) is 6.48. The number of amides is 1. The van der Waals surface area contributed by atoms with Gasteiger partial charge in [0.1, 0.15) is 0 Å². The lowest BCUT2D eigenvalue weighted by molar-refractivity contribution is -0.115. The van der Waals surface area contributed by atoms with Crippen LogP contribution >= 0.6 is 0 Å². The first-order chi connectivity index (χ1) is 8.25. The van der Waals surface area contributed by atoms with Crippen molar-refractivity contribution < 1.29 is 14.3 Å². The van der Waals surface area contributed by atoms with Crippen LogP contribution in [0.25, 0.3) is 0 Å². The average Bonchev–Trinajstić information content (AvgIpc) is 2.97. The molecule has 0 radical (unpaired) electrons. The highest BCUT2D eigenvalue weighted by Gasteiger charge is 2.20. The monoisotopic (exact) mass is 239 g/mol. The Balaban J connectivity index is 1.85. The van der Waals surface area contributed by atoms with E-state index < -0.39 is 0 Å². The second-order valence-corrected chi connectivity index (χ2v) is 4.80. The van der Waals surface area contributed by atoms with Gasteiger partial charge in [-0.15, -0.1) is 0 Å². The molecule has 2 heterocycles. The number of carbonyl (C=O) groups excluding carboxylic acids is 1. The van der Waals surface area contributed by atoms with Gasteiger partial charge in [-0.1, -0.05) is 6.08 Å². The van der Waals surface area contributed by atoms with Crippen molar-refractivity contribution in [2.75, 3.05) is 13.2 Å². The molecule has 0 aromatic rings. The molecule has 0 aliphatic carbocycles. The third kappa shape index (κ3) is 3.82. The lowest BCUT2D eigenvalue weighted by Gasteiger charge is -2.11. The predicted octanol–water partition coefficient (Wildman–Crippen LogP) is 1.54. The van der Waals surface area contributed by atoms with Crippen LogP contribution in [0, 0.1) is 0 Å². The zero-order valence-corrected chi connectivity index (χ0v) is 10.2. The number of rotatable bonds is 5. The van der Waals surface area contributed by atoms with Gasteiger partial charge in [0.2, 0.25) is 5.91 Å². The topological polar surface area (TPSA) is 61.6 Å². The third-order valence-electron chi connectivity index (χ3n) is 3.44. The summed E-state index contributed by atoms with van der Waals surface area (Å²) in [7, 11) is 0. The molecular formula is C13H21NO3. The van der Waals surface area contributed by atoms with Crippen LogP contribution in [0.1, 0.15) is 38.5 Å². The van der Waals surface area contributed by atoms with Crippen LogP contribution in [-0.4, -0.2) is 31.3 Å². The van der Waals surface area contributed by atoms with Gasteiger partial charge in [-0.05, 0) is 32.1 Å². The molecule has 2 aliphatic heterocycles. The van der Waals surface area contributed by atoms with E-state index in [4.69, 9.17) is 15.2 Å². The van der Waals surface area contributed by atoms with E-state index in [0.717, 1.165) is 45.3 Å². The van der Waals surface area contributed by atoms with Crippen molar-refractivity contribution in [3.05, 3.63) is 11.6 Å². The molecule has 4 nitrogen and oxygen atoms in total. The van der Waals surface area contributed by atoms with Crippen molar-refractivity contribution >= 4 is 5.91 Å². The Hall–Kier alpha value is -0.870. The summed E-state index contributed by atoms with van der Waals surface area (Å²) in [4.78, 5) is 11.3. The Morgan fingerprint density at radius 1 is 1.18 bits per heavy atom. The molecule has 2 atom stereocenters. The van der Waals surface area contributed by atoms with Gasteiger partial charge in [0.15, 0.2) is 0 Å². The summed E-state index contributed by atoms with van der Waals surface area (Å²) in [5.41, 5.74) is 6.10. The maximum Gasteiger partial charge on any atom is 0.244 e. The third-order valence-corrected chi connectivity index (χ3v) is 3.44. The van der Waals surface area contributed by atoms with E-state index >= 15 is 0 Å². The van der Waals surface area contributed by atoms with Crippen molar-refractivity contribution in [2.24, 2.45) is 5.73 Å². The fourth-order valence-electron chi connectivity index (χ4n) is 2.44. The molecule has 2 N–H and O–H groups in total. The van der Waals surface area contributed by atoms with E-state index in [0.29, 0.717) is 12.0 Å². The van der Waals surface area contributed by atoms with Gasteiger partial charge in [0, 0.05) is 25.2 Å². The number of hydrogen-bond donors (Lipinski definition) is 1. The Morgan fingerprint density at radius 2 is 1.82 bits per heavy atom. The van der Waals surface area contributed by atoms with Crippen LogP contribution in [0.2, 0.25) is 0 Å². The molecule has 2 saturated heterocycles. The molecule has 17 heavy (non-hydrogen) atoms. The smallest absolute Gasteiger partial charge is 0.244 e. The van der Waals surface area contributed by atoms with Crippen molar-refractivity contribution in [1.29, 1.82) is 0 Å². The van der Waals surface area contributed by atoms with Crippen molar-refractivity contribution in [3.8, 4) is 0 Å². The van der Waals surface area contributed by atoms with Gasteiger partial charge in [0.25, 0.3) is 0 Å². The van der Waals surface area contributed by atoms with Gasteiger partial charge in [-0.3, -0.25) is 4.79 Å². The molecule has 96 valence electrons. The van der Waals surface area contributed by atoms with Crippen molar-refractivity contribution in [2.45, 2.75) is 50.7 Å². The number of ether oxygens (including phenoxy) is 2. The van der Waals surface area contributed by atoms with Crippen LogP contribution < -0.4 is 5.73 Å². The van der Waals surface area contributed by atoms with Crippen LogP contribution in [0.4, 0.5) is 0 Å². The second kappa shape index (κ2) is 6.17. The average molecular weight is 239 g/mol. The summed E-state index contributed by atoms with van der Waals surface area (Å²) >= 11 is 0. The van der Waals surface area contributed by atoms with E-state index in [-0.39, 0.29) is 18.1 Å². The van der Waals surface area contributed by atoms with Crippen molar-refractivity contribution in [3.63, 3.8) is 0 Å². The Labute approximate surface area is 102 Å². The second-order valence-electron chi connectivity index (χ2n) is 4.80. The highest BCUT2D eigenvalue weighted by atomic mass is 16.5. The minimum Gasteiger partial charge on any atom is -0.378 e. The fraction of sp³-hybridized carbons (Fsp3) is 0.769. The zero-order chi connectivity index (χ0) is 12.1. The predicted molar refractivity (Wildman–Crippen MR) is 64.5 cm³/mol. The van der Waals surface area contributed by atoms with Crippen LogP contribution in [-0.2, 0) is 14.3 Å². The summed E-state index contributed by atoms with van der Waals surface area (Å²) in [5.74, 6) is -0.321. The van der Waals surface area contributed by atoms with Crippen LogP contribution in [0.15, 0.2) is 11.6 Å². The molecule has 2 rings (SSSR count). The summed E-state index contributed by atoms with van der Waals surface area (Å²) in [6.45, 7) is 1.65. The van der Waals surface area contributed by atoms with Gasteiger partial charge >= 0.3 is 0 Å². The largest absolute Gasteiger partial charge is 0.378 e. The molecule has 4 heteroatoms. The summed E-state index contributed by atoms with van der Waals surface area (Å²) in [6.07, 6.45) is 8.17. The maximum absolute atomic E-state index is 11.3. The highest BCUT2D eigenvalue weighted by molar-refractivity contribution is 5.91. The molecule has 2 unspecified atom stereocenters. The lowest BCUT2D eigenvalue weighted by atomic mass is 10.0. The van der Waals surface area contributed by atoms with Crippen LogP contribution in [0.3, 0.4) is 0 Å². The Bertz CT molecular complexity index is 289. The number of primary amides is 1. The van der Waals surface area contributed by atoms with Gasteiger partial charge in [-0.25, -0.2) is 0 Å². The normalized spacial score (nSPS) is 29.8. The SMILES string of the molecule is NC(=O)C(=CCC1CCCO1)CC1CCCO1. The van der Waals surface area contributed by atoms with E-state index in [1.165, 1.54) is 0 Å². The first kappa shape index (κ1) is 12.6. The molecule has 0 aromatic heterocycles. The zero-order valence-electron chi connectivity index (χ0n) is 10.2. The number of nitrogens with two attached hydrogens (primary N) is 1. The van der Waals surface area contributed by atoms with Crippen LogP contribution in [0.5, 0.6) is 0 Å². The molecular weight excluding hydrogens is 218 g/mol. The number of carbonyl (C=O) groups is 1. The standard InChI is InChI=1S/C13H21NO3/c14-13(15)10(9-12-4-2-8-17-12)5-6-11-3-1-7-16-11/h5,11-12H,1-4,6-9H2,(H2,14,15). The maximum atomic E-state index is 11.3. The molecule has 0 saturated carbocycles. The Kier molecular flexibility index (Phi) is 4.57. The molecule has 1 amide bonds. The highest BCUT2D eigenvalue weighted by Crippen LogP contribution is 2.21.